The van der Waals surface area contributed by atoms with Crippen molar-refractivity contribution in [2.45, 2.75) is 19.9 Å². The first-order valence-corrected chi connectivity index (χ1v) is 8.06. The van der Waals surface area contributed by atoms with Gasteiger partial charge in [-0.2, -0.15) is 13.1 Å². The Hall–Kier alpha value is -1.15. The van der Waals surface area contributed by atoms with Crippen molar-refractivity contribution in [1.82, 2.24) is 10.0 Å². The van der Waals surface area contributed by atoms with Crippen LogP contribution in [0.5, 0.6) is 0 Å². The molecule has 1 unspecified atom stereocenters. The number of methoxy groups -OCH3 is 1. The van der Waals surface area contributed by atoms with Crippen molar-refractivity contribution in [3.8, 4) is 0 Å². The zero-order valence-electron chi connectivity index (χ0n) is 12.1. The van der Waals surface area contributed by atoms with Crippen LogP contribution in [-0.2, 0) is 14.9 Å². The molecule has 1 aromatic carbocycles. The highest BCUT2D eigenvalue weighted by Crippen LogP contribution is 2.17. The molecule has 0 saturated heterocycles. The van der Waals surface area contributed by atoms with E-state index in [1.807, 2.05) is 32.0 Å². The summed E-state index contributed by atoms with van der Waals surface area (Å²) in [6, 6.07) is 7.51. The highest BCUT2D eigenvalue weighted by Gasteiger charge is 2.10. The van der Waals surface area contributed by atoms with E-state index in [9.17, 15) is 8.42 Å². The van der Waals surface area contributed by atoms with Crippen LogP contribution < -0.4 is 14.8 Å². The fourth-order valence-electron chi connectivity index (χ4n) is 1.76. The molecule has 20 heavy (non-hydrogen) atoms. The number of ether oxygens (including phenoxy) is 1. The second-order valence-corrected chi connectivity index (χ2v) is 5.90. The van der Waals surface area contributed by atoms with Crippen LogP contribution in [0.1, 0.15) is 25.5 Å². The predicted molar refractivity (Wildman–Crippen MR) is 81.0 cm³/mol. The van der Waals surface area contributed by atoms with Gasteiger partial charge in [-0.25, -0.2) is 0 Å². The third kappa shape index (κ3) is 5.87. The average molecular weight is 301 g/mol. The first-order chi connectivity index (χ1) is 9.48. The van der Waals surface area contributed by atoms with Gasteiger partial charge in [0.2, 0.25) is 0 Å². The quantitative estimate of drug-likeness (QED) is 0.600. The number of hydrogen-bond acceptors (Lipinski definition) is 4. The van der Waals surface area contributed by atoms with Crippen LogP contribution in [0.2, 0.25) is 0 Å². The Morgan fingerprint density at radius 2 is 2.10 bits per heavy atom. The number of benzene rings is 1. The molecule has 0 aromatic heterocycles. The van der Waals surface area contributed by atoms with E-state index >= 15 is 0 Å². The molecule has 0 fully saturated rings. The Labute approximate surface area is 121 Å². The van der Waals surface area contributed by atoms with Gasteiger partial charge in [0, 0.05) is 19.7 Å². The molecule has 1 atom stereocenters. The Bertz CT molecular complexity index is 505. The lowest BCUT2D eigenvalue weighted by Gasteiger charge is -2.15. The summed E-state index contributed by atoms with van der Waals surface area (Å²) in [7, 11) is -2.04. The van der Waals surface area contributed by atoms with Crippen LogP contribution in [-0.4, -0.2) is 35.2 Å². The standard InChI is InChI=1S/C13H23N3O3S/c1-4-14-11(2)12-6-5-7-13(10-12)16-20(17,18)15-8-9-19-3/h5-7,10-11,14-16H,4,8-9H2,1-3H3. The molecule has 0 aliphatic rings. The zero-order chi connectivity index (χ0) is 15.0. The predicted octanol–water partition coefficient (Wildman–Crippen LogP) is 1.25. The van der Waals surface area contributed by atoms with Crippen molar-refractivity contribution < 1.29 is 13.2 Å². The molecule has 0 amide bonds. The average Bonchev–Trinajstić information content (AvgIpc) is 2.39. The molecule has 1 aromatic rings. The Morgan fingerprint density at radius 3 is 2.75 bits per heavy atom. The van der Waals surface area contributed by atoms with Crippen LogP contribution in [0.3, 0.4) is 0 Å². The summed E-state index contributed by atoms with van der Waals surface area (Å²) in [6.07, 6.45) is 0. The molecule has 0 saturated carbocycles. The molecule has 0 radical (unpaired) electrons. The maximum absolute atomic E-state index is 11.8. The lowest BCUT2D eigenvalue weighted by Crippen LogP contribution is -2.32. The van der Waals surface area contributed by atoms with E-state index < -0.39 is 10.2 Å². The first-order valence-electron chi connectivity index (χ1n) is 6.58. The number of hydrogen-bond donors (Lipinski definition) is 3. The molecular weight excluding hydrogens is 278 g/mol. The van der Waals surface area contributed by atoms with Gasteiger partial charge >= 0.3 is 0 Å². The van der Waals surface area contributed by atoms with Crippen LogP contribution in [0.25, 0.3) is 0 Å². The number of nitrogens with one attached hydrogen (secondary N) is 3. The lowest BCUT2D eigenvalue weighted by molar-refractivity contribution is 0.204. The Balaban J connectivity index is 2.70. The fourth-order valence-corrected chi connectivity index (χ4v) is 2.63. The summed E-state index contributed by atoms with van der Waals surface area (Å²) in [4.78, 5) is 0. The van der Waals surface area contributed by atoms with Crippen LogP contribution in [0, 0.1) is 0 Å². The first kappa shape index (κ1) is 16.9. The molecule has 0 aliphatic heterocycles. The van der Waals surface area contributed by atoms with Gasteiger partial charge in [0.1, 0.15) is 0 Å². The number of anilines is 1. The highest BCUT2D eigenvalue weighted by molar-refractivity contribution is 7.90. The van der Waals surface area contributed by atoms with Gasteiger partial charge in [0.15, 0.2) is 0 Å². The van der Waals surface area contributed by atoms with Crippen LogP contribution in [0.15, 0.2) is 24.3 Å². The van der Waals surface area contributed by atoms with Crippen molar-refractivity contribution in [2.75, 3.05) is 31.5 Å². The van der Waals surface area contributed by atoms with Gasteiger partial charge < -0.3 is 10.1 Å². The molecule has 1 rings (SSSR count). The van der Waals surface area contributed by atoms with E-state index in [-0.39, 0.29) is 12.6 Å². The van der Waals surface area contributed by atoms with E-state index in [1.54, 1.807) is 6.07 Å². The summed E-state index contributed by atoms with van der Waals surface area (Å²) in [6.45, 7) is 5.49. The van der Waals surface area contributed by atoms with Crippen molar-refractivity contribution in [2.24, 2.45) is 0 Å². The summed E-state index contributed by atoms with van der Waals surface area (Å²) in [5.41, 5.74) is 1.57. The van der Waals surface area contributed by atoms with Gasteiger partial charge in [-0.15, -0.1) is 0 Å². The van der Waals surface area contributed by atoms with Crippen molar-refractivity contribution in [3.05, 3.63) is 29.8 Å². The molecule has 114 valence electrons. The maximum Gasteiger partial charge on any atom is 0.299 e. The fraction of sp³-hybridized carbons (Fsp3) is 0.538. The normalized spacial score (nSPS) is 13.2. The summed E-state index contributed by atoms with van der Waals surface area (Å²) < 4.78 is 33.3. The van der Waals surface area contributed by atoms with Crippen LogP contribution in [0.4, 0.5) is 5.69 Å². The SMILES string of the molecule is CCNC(C)c1cccc(NS(=O)(=O)NCCOC)c1. The summed E-state index contributed by atoms with van der Waals surface area (Å²) in [5, 5.41) is 3.28. The summed E-state index contributed by atoms with van der Waals surface area (Å²) in [5.74, 6) is 0. The van der Waals surface area contributed by atoms with E-state index in [0.29, 0.717) is 12.3 Å². The smallest absolute Gasteiger partial charge is 0.299 e. The molecule has 7 heteroatoms. The highest BCUT2D eigenvalue weighted by atomic mass is 32.2. The third-order valence-corrected chi connectivity index (χ3v) is 3.84. The molecule has 3 N–H and O–H groups in total. The van der Waals surface area contributed by atoms with Gasteiger partial charge in [0.05, 0.1) is 12.3 Å². The van der Waals surface area contributed by atoms with Gasteiger partial charge in [-0.05, 0) is 31.2 Å². The maximum atomic E-state index is 11.8. The second-order valence-electron chi connectivity index (χ2n) is 4.40. The van der Waals surface area contributed by atoms with E-state index in [1.165, 1.54) is 7.11 Å². The topological polar surface area (TPSA) is 79.5 Å². The van der Waals surface area contributed by atoms with E-state index in [2.05, 4.69) is 14.8 Å². The minimum Gasteiger partial charge on any atom is -0.383 e. The lowest BCUT2D eigenvalue weighted by atomic mass is 10.1. The molecule has 0 aliphatic carbocycles. The van der Waals surface area contributed by atoms with Crippen molar-refractivity contribution in [1.29, 1.82) is 0 Å². The minimum absolute atomic E-state index is 0.172. The van der Waals surface area contributed by atoms with Gasteiger partial charge in [-0.3, -0.25) is 4.72 Å². The zero-order valence-corrected chi connectivity index (χ0v) is 13.0. The Kier molecular flexibility index (Phi) is 6.94. The van der Waals surface area contributed by atoms with Crippen LogP contribution >= 0.6 is 0 Å². The van der Waals surface area contributed by atoms with Crippen molar-refractivity contribution in [3.63, 3.8) is 0 Å². The minimum atomic E-state index is -3.56. The molecule has 0 spiro atoms. The van der Waals surface area contributed by atoms with Crippen molar-refractivity contribution >= 4 is 15.9 Å². The Morgan fingerprint density at radius 1 is 1.35 bits per heavy atom. The molecule has 0 heterocycles. The third-order valence-electron chi connectivity index (χ3n) is 2.75. The van der Waals surface area contributed by atoms with Gasteiger partial charge in [0.25, 0.3) is 10.2 Å². The number of rotatable bonds is 9. The molecular formula is C13H23N3O3S. The van der Waals surface area contributed by atoms with E-state index in [0.717, 1.165) is 12.1 Å². The molecule has 0 bridgehead atoms. The second kappa shape index (κ2) is 8.21. The molecule has 6 nitrogen and oxygen atoms in total. The monoisotopic (exact) mass is 301 g/mol. The summed E-state index contributed by atoms with van der Waals surface area (Å²) >= 11 is 0. The van der Waals surface area contributed by atoms with E-state index in [4.69, 9.17) is 4.74 Å². The largest absolute Gasteiger partial charge is 0.383 e. The van der Waals surface area contributed by atoms with Gasteiger partial charge in [-0.1, -0.05) is 19.1 Å².